The zero-order valence-corrected chi connectivity index (χ0v) is 13.2. The van der Waals surface area contributed by atoms with E-state index >= 15 is 0 Å². The maximum absolute atomic E-state index is 9.62. The Kier molecular flexibility index (Phi) is 4.04. The van der Waals surface area contributed by atoms with Gasteiger partial charge < -0.3 is 5.32 Å². The number of nitriles is 1. The summed E-state index contributed by atoms with van der Waals surface area (Å²) in [6, 6.07) is 14.1. The fourth-order valence-corrected chi connectivity index (χ4v) is 4.41. The highest BCUT2D eigenvalue weighted by Gasteiger charge is 2.47. The molecule has 0 heterocycles. The average Bonchev–Trinajstić information content (AvgIpc) is 2.84. The molecule has 3 rings (SSSR count). The molecule has 1 aromatic rings. The number of rotatable bonds is 4. The van der Waals surface area contributed by atoms with Crippen LogP contribution in [-0.4, -0.2) is 12.1 Å². The third kappa shape index (κ3) is 2.60. The molecule has 2 heteroatoms. The molecule has 0 aromatic heterocycles. The Morgan fingerprint density at radius 2 is 1.95 bits per heavy atom. The smallest absolute Gasteiger partial charge is 0.0852 e. The van der Waals surface area contributed by atoms with E-state index in [4.69, 9.17) is 0 Å². The van der Waals surface area contributed by atoms with Gasteiger partial charge in [-0.2, -0.15) is 5.26 Å². The van der Waals surface area contributed by atoms with Crippen molar-refractivity contribution < 1.29 is 0 Å². The molecule has 0 bridgehead atoms. The molecular formula is C19H26N2. The summed E-state index contributed by atoms with van der Waals surface area (Å²) in [5.74, 6) is 1.67. The molecule has 2 nitrogen and oxygen atoms in total. The lowest BCUT2D eigenvalue weighted by molar-refractivity contribution is 0.192. The standard InChI is InChI=1S/C19H26N2/c1-3-15-9-10-18(14(15)2)21-17-11-19(12-17,13-20)16-7-5-4-6-8-16/h4-8,14-15,17-18,21H,3,9-12H2,1-2H3. The van der Waals surface area contributed by atoms with Gasteiger partial charge in [0.1, 0.15) is 0 Å². The van der Waals surface area contributed by atoms with Crippen LogP contribution in [0, 0.1) is 23.2 Å². The lowest BCUT2D eigenvalue weighted by Gasteiger charge is -2.45. The van der Waals surface area contributed by atoms with E-state index in [1.807, 2.05) is 18.2 Å². The Morgan fingerprint density at radius 1 is 1.24 bits per heavy atom. The van der Waals surface area contributed by atoms with E-state index in [1.54, 1.807) is 0 Å². The summed E-state index contributed by atoms with van der Waals surface area (Å²) in [4.78, 5) is 0. The van der Waals surface area contributed by atoms with Crippen molar-refractivity contribution in [3.63, 3.8) is 0 Å². The van der Waals surface area contributed by atoms with Gasteiger partial charge in [0.15, 0.2) is 0 Å². The molecule has 0 amide bonds. The van der Waals surface area contributed by atoms with E-state index in [0.29, 0.717) is 12.1 Å². The fraction of sp³-hybridized carbons (Fsp3) is 0.632. The molecular weight excluding hydrogens is 256 g/mol. The lowest BCUT2D eigenvalue weighted by atomic mass is 9.62. The largest absolute Gasteiger partial charge is 0.311 e. The first-order valence-electron chi connectivity index (χ1n) is 8.41. The van der Waals surface area contributed by atoms with E-state index in [-0.39, 0.29) is 5.41 Å². The summed E-state index contributed by atoms with van der Waals surface area (Å²) in [6.45, 7) is 4.70. The molecule has 0 aliphatic heterocycles. The Labute approximate surface area is 128 Å². The monoisotopic (exact) mass is 282 g/mol. The highest BCUT2D eigenvalue weighted by molar-refractivity contribution is 5.37. The van der Waals surface area contributed by atoms with E-state index in [1.165, 1.54) is 24.8 Å². The highest BCUT2D eigenvalue weighted by Crippen LogP contribution is 2.44. The van der Waals surface area contributed by atoms with Crippen LogP contribution in [0.25, 0.3) is 0 Å². The average molecular weight is 282 g/mol. The molecule has 0 spiro atoms. The van der Waals surface area contributed by atoms with Gasteiger partial charge in [0, 0.05) is 12.1 Å². The van der Waals surface area contributed by atoms with Gasteiger partial charge in [-0.1, -0.05) is 50.6 Å². The second-order valence-electron chi connectivity index (χ2n) is 7.04. The van der Waals surface area contributed by atoms with Crippen LogP contribution in [-0.2, 0) is 5.41 Å². The molecule has 3 atom stereocenters. The predicted molar refractivity (Wildman–Crippen MR) is 85.9 cm³/mol. The van der Waals surface area contributed by atoms with Crippen LogP contribution in [0.3, 0.4) is 0 Å². The van der Waals surface area contributed by atoms with Gasteiger partial charge in [-0.05, 0) is 43.1 Å². The second kappa shape index (κ2) is 5.81. The first kappa shape index (κ1) is 14.6. The van der Waals surface area contributed by atoms with Crippen LogP contribution < -0.4 is 5.32 Å². The van der Waals surface area contributed by atoms with Crippen molar-refractivity contribution in [2.75, 3.05) is 0 Å². The van der Waals surface area contributed by atoms with Gasteiger partial charge in [0.05, 0.1) is 11.5 Å². The maximum atomic E-state index is 9.62. The third-order valence-electron chi connectivity index (χ3n) is 5.93. The van der Waals surface area contributed by atoms with Crippen LogP contribution >= 0.6 is 0 Å². The molecule has 0 radical (unpaired) electrons. The predicted octanol–water partition coefficient (Wildman–Crippen LogP) is 4.02. The Bertz CT molecular complexity index is 510. The molecule has 2 aliphatic rings. The fourth-order valence-electron chi connectivity index (χ4n) is 4.41. The second-order valence-corrected chi connectivity index (χ2v) is 7.04. The molecule has 2 saturated carbocycles. The van der Waals surface area contributed by atoms with Crippen molar-refractivity contribution in [3.8, 4) is 6.07 Å². The summed E-state index contributed by atoms with van der Waals surface area (Å²) in [5, 5.41) is 13.5. The maximum Gasteiger partial charge on any atom is 0.0852 e. The molecule has 112 valence electrons. The van der Waals surface area contributed by atoms with Crippen molar-refractivity contribution in [1.82, 2.24) is 5.32 Å². The molecule has 2 aliphatic carbocycles. The van der Waals surface area contributed by atoms with Crippen molar-refractivity contribution in [2.24, 2.45) is 11.8 Å². The Morgan fingerprint density at radius 3 is 2.52 bits per heavy atom. The summed E-state index contributed by atoms with van der Waals surface area (Å²) >= 11 is 0. The molecule has 2 fully saturated rings. The van der Waals surface area contributed by atoms with Gasteiger partial charge >= 0.3 is 0 Å². The van der Waals surface area contributed by atoms with E-state index in [0.717, 1.165) is 24.7 Å². The lowest BCUT2D eigenvalue weighted by Crippen LogP contribution is -2.54. The number of benzene rings is 1. The van der Waals surface area contributed by atoms with Crippen LogP contribution in [0.1, 0.15) is 51.5 Å². The molecule has 0 saturated heterocycles. The van der Waals surface area contributed by atoms with Gasteiger partial charge in [-0.15, -0.1) is 0 Å². The zero-order valence-electron chi connectivity index (χ0n) is 13.2. The van der Waals surface area contributed by atoms with Crippen LogP contribution in [0.2, 0.25) is 0 Å². The normalized spacial score (nSPS) is 38.7. The number of nitrogens with one attached hydrogen (secondary N) is 1. The summed E-state index contributed by atoms with van der Waals surface area (Å²) in [5.41, 5.74) is 0.946. The van der Waals surface area contributed by atoms with Gasteiger partial charge in [-0.3, -0.25) is 0 Å². The summed E-state index contributed by atoms with van der Waals surface area (Å²) < 4.78 is 0. The Hall–Kier alpha value is -1.33. The molecule has 1 aromatic carbocycles. The number of hydrogen-bond donors (Lipinski definition) is 1. The van der Waals surface area contributed by atoms with Crippen LogP contribution in [0.15, 0.2) is 30.3 Å². The van der Waals surface area contributed by atoms with Crippen LogP contribution in [0.5, 0.6) is 0 Å². The van der Waals surface area contributed by atoms with Crippen molar-refractivity contribution >= 4 is 0 Å². The number of hydrogen-bond acceptors (Lipinski definition) is 2. The minimum atomic E-state index is -0.245. The van der Waals surface area contributed by atoms with Crippen molar-refractivity contribution in [2.45, 2.75) is 63.5 Å². The zero-order chi connectivity index (χ0) is 14.9. The van der Waals surface area contributed by atoms with Crippen molar-refractivity contribution in [1.29, 1.82) is 5.26 Å². The molecule has 1 N–H and O–H groups in total. The Balaban J connectivity index is 1.59. The topological polar surface area (TPSA) is 35.8 Å². The summed E-state index contributed by atoms with van der Waals surface area (Å²) in [6.07, 6.45) is 5.91. The third-order valence-corrected chi connectivity index (χ3v) is 5.93. The first-order valence-corrected chi connectivity index (χ1v) is 8.41. The SMILES string of the molecule is CCC1CCC(NC2CC(C#N)(c3ccccc3)C2)C1C. The summed E-state index contributed by atoms with van der Waals surface area (Å²) in [7, 11) is 0. The van der Waals surface area contributed by atoms with E-state index in [9.17, 15) is 5.26 Å². The van der Waals surface area contributed by atoms with E-state index < -0.39 is 0 Å². The van der Waals surface area contributed by atoms with Gasteiger partial charge in [0.2, 0.25) is 0 Å². The minimum Gasteiger partial charge on any atom is -0.311 e. The molecule has 21 heavy (non-hydrogen) atoms. The minimum absolute atomic E-state index is 0.245. The first-order chi connectivity index (χ1) is 10.2. The number of nitrogens with zero attached hydrogens (tertiary/aromatic N) is 1. The van der Waals surface area contributed by atoms with Crippen molar-refractivity contribution in [3.05, 3.63) is 35.9 Å². The quantitative estimate of drug-likeness (QED) is 0.905. The van der Waals surface area contributed by atoms with Gasteiger partial charge in [0.25, 0.3) is 0 Å². The van der Waals surface area contributed by atoms with E-state index in [2.05, 4.69) is 37.4 Å². The van der Waals surface area contributed by atoms with Crippen LogP contribution in [0.4, 0.5) is 0 Å². The highest BCUT2D eigenvalue weighted by atomic mass is 15.0. The molecule has 3 unspecified atom stereocenters. The van der Waals surface area contributed by atoms with Gasteiger partial charge in [-0.25, -0.2) is 0 Å².